The summed E-state index contributed by atoms with van der Waals surface area (Å²) in [6, 6.07) is 0. The Morgan fingerprint density at radius 2 is 1.53 bits per heavy atom. The molecule has 164 valence electrons. The van der Waals surface area contributed by atoms with Crippen molar-refractivity contribution in [2.24, 2.45) is 11.5 Å². The molecule has 0 aliphatic heterocycles. The molecular weight excluding hydrogens is 400 g/mol. The Balaban J connectivity index is 2.33. The van der Waals surface area contributed by atoms with E-state index in [0.717, 1.165) is 6.42 Å². The van der Waals surface area contributed by atoms with E-state index < -0.39 is 43.4 Å². The summed E-state index contributed by atoms with van der Waals surface area (Å²) >= 11 is 0. The lowest BCUT2D eigenvalue weighted by Gasteiger charge is -2.16. The number of carbonyl (C=O) groups is 4. The van der Waals surface area contributed by atoms with Crippen LogP contribution in [0.1, 0.15) is 19.3 Å². The molecule has 0 bridgehead atoms. The number of ether oxygens (including phenoxy) is 5. The van der Waals surface area contributed by atoms with Crippen LogP contribution in [0.25, 0.3) is 0 Å². The fraction of sp³-hybridized carbons (Fsp3) is 0.368. The highest BCUT2D eigenvalue weighted by molar-refractivity contribution is 5.77. The number of carbonyl (C=O) groups excluding carboxylic acids is 4. The van der Waals surface area contributed by atoms with E-state index in [1.807, 2.05) is 24.3 Å². The van der Waals surface area contributed by atoms with Crippen molar-refractivity contribution in [3.05, 3.63) is 48.3 Å². The topological polar surface area (TPSA) is 166 Å². The molecule has 11 nitrogen and oxygen atoms in total. The Labute approximate surface area is 172 Å². The third-order valence-corrected chi connectivity index (χ3v) is 3.27. The van der Waals surface area contributed by atoms with E-state index in [2.05, 4.69) is 9.47 Å². The summed E-state index contributed by atoms with van der Waals surface area (Å²) < 4.78 is 24.2. The van der Waals surface area contributed by atoms with E-state index in [0.29, 0.717) is 5.76 Å². The molecule has 11 heteroatoms. The van der Waals surface area contributed by atoms with Gasteiger partial charge in [0.05, 0.1) is 12.8 Å². The maximum atomic E-state index is 11.8. The Bertz CT molecular complexity index is 708. The molecule has 0 aromatic carbocycles. The number of hydrogen-bond donors (Lipinski definition) is 2. The van der Waals surface area contributed by atoms with Gasteiger partial charge in [-0.2, -0.15) is 0 Å². The maximum absolute atomic E-state index is 11.8. The molecule has 1 aliphatic carbocycles. The highest BCUT2D eigenvalue weighted by atomic mass is 16.7. The summed E-state index contributed by atoms with van der Waals surface area (Å²) in [4.78, 5) is 44.9. The molecule has 1 rings (SSSR count). The second kappa shape index (κ2) is 14.3. The lowest BCUT2D eigenvalue weighted by molar-refractivity contribution is -0.160. The standard InChI is InChI=1S/C19H24N2O9/c20-18(24)26-11-15(12-27-19(21)25)30-17(23)10-9-16(22)29-13-28-14-7-5-3-1-2-4-6-8-14/h1-3,5-8,15H,4,9-13H2,(H2,20,24)(H2,21,25)/b2-1-,5-3-,8-6?,14-7+. The Morgan fingerprint density at radius 3 is 2.20 bits per heavy atom. The third-order valence-electron chi connectivity index (χ3n) is 3.27. The van der Waals surface area contributed by atoms with Gasteiger partial charge in [0.15, 0.2) is 6.10 Å². The molecule has 0 saturated heterocycles. The summed E-state index contributed by atoms with van der Waals surface area (Å²) in [6.07, 6.45) is 9.63. The molecule has 0 radical (unpaired) electrons. The number of primary amides is 2. The van der Waals surface area contributed by atoms with Gasteiger partial charge in [-0.05, 0) is 18.6 Å². The monoisotopic (exact) mass is 424 g/mol. The second-order valence-corrected chi connectivity index (χ2v) is 5.67. The summed E-state index contributed by atoms with van der Waals surface area (Å²) in [7, 11) is 0. The molecule has 0 spiro atoms. The van der Waals surface area contributed by atoms with Crippen LogP contribution in [0.2, 0.25) is 0 Å². The van der Waals surface area contributed by atoms with Crippen LogP contribution < -0.4 is 11.5 Å². The van der Waals surface area contributed by atoms with Gasteiger partial charge < -0.3 is 35.2 Å². The second-order valence-electron chi connectivity index (χ2n) is 5.67. The Kier molecular flexibility index (Phi) is 11.5. The fourth-order valence-electron chi connectivity index (χ4n) is 1.94. The largest absolute Gasteiger partial charge is 0.457 e. The minimum Gasteiger partial charge on any atom is -0.457 e. The van der Waals surface area contributed by atoms with Crippen LogP contribution in [0.3, 0.4) is 0 Å². The van der Waals surface area contributed by atoms with Gasteiger partial charge in [-0.15, -0.1) is 0 Å². The first-order valence-corrected chi connectivity index (χ1v) is 8.89. The number of amides is 2. The predicted molar refractivity (Wildman–Crippen MR) is 102 cm³/mol. The van der Waals surface area contributed by atoms with Crippen LogP contribution in [-0.4, -0.2) is 50.2 Å². The van der Waals surface area contributed by atoms with Crippen molar-refractivity contribution in [2.45, 2.75) is 25.4 Å². The zero-order chi connectivity index (χ0) is 22.2. The number of hydrogen-bond acceptors (Lipinski definition) is 9. The summed E-state index contributed by atoms with van der Waals surface area (Å²) in [5, 5.41) is 0. The lowest BCUT2D eigenvalue weighted by atomic mass is 10.3. The van der Waals surface area contributed by atoms with Crippen LogP contribution in [-0.2, 0) is 33.3 Å². The average Bonchev–Trinajstić information content (AvgIpc) is 2.82. The number of nitrogens with two attached hydrogens (primary N) is 2. The third kappa shape index (κ3) is 12.6. The molecule has 0 aromatic rings. The van der Waals surface area contributed by atoms with Crippen molar-refractivity contribution in [1.29, 1.82) is 0 Å². The van der Waals surface area contributed by atoms with Crippen LogP contribution in [0, 0.1) is 0 Å². The zero-order valence-electron chi connectivity index (χ0n) is 16.2. The van der Waals surface area contributed by atoms with Crippen LogP contribution in [0.5, 0.6) is 0 Å². The van der Waals surface area contributed by atoms with E-state index in [-0.39, 0.29) is 19.6 Å². The normalized spacial score (nSPS) is 16.6. The first-order valence-electron chi connectivity index (χ1n) is 8.89. The number of allylic oxidation sites excluding steroid dienone is 7. The van der Waals surface area contributed by atoms with Gasteiger partial charge in [0.25, 0.3) is 0 Å². The first-order chi connectivity index (χ1) is 14.4. The lowest BCUT2D eigenvalue weighted by Crippen LogP contribution is -2.33. The highest BCUT2D eigenvalue weighted by Gasteiger charge is 2.19. The van der Waals surface area contributed by atoms with Crippen molar-refractivity contribution in [3.8, 4) is 0 Å². The van der Waals surface area contributed by atoms with Crippen LogP contribution in [0.4, 0.5) is 9.59 Å². The summed E-state index contributed by atoms with van der Waals surface area (Å²) in [5.74, 6) is -0.984. The van der Waals surface area contributed by atoms with Crippen molar-refractivity contribution in [2.75, 3.05) is 20.0 Å². The molecule has 0 heterocycles. The van der Waals surface area contributed by atoms with Gasteiger partial charge in [0, 0.05) is 0 Å². The van der Waals surface area contributed by atoms with E-state index in [1.54, 1.807) is 18.2 Å². The van der Waals surface area contributed by atoms with Gasteiger partial charge in [0.2, 0.25) is 6.79 Å². The van der Waals surface area contributed by atoms with Crippen molar-refractivity contribution in [1.82, 2.24) is 0 Å². The summed E-state index contributed by atoms with van der Waals surface area (Å²) in [6.45, 7) is -1.22. The van der Waals surface area contributed by atoms with E-state index in [4.69, 9.17) is 25.7 Å². The van der Waals surface area contributed by atoms with Gasteiger partial charge in [0.1, 0.15) is 19.0 Å². The predicted octanol–water partition coefficient (Wildman–Crippen LogP) is 1.34. The minimum atomic E-state index is -1.12. The summed E-state index contributed by atoms with van der Waals surface area (Å²) in [5.41, 5.74) is 9.66. The molecule has 0 fully saturated rings. The van der Waals surface area contributed by atoms with Crippen LogP contribution >= 0.6 is 0 Å². The molecular formula is C19H24N2O9. The first kappa shape index (κ1) is 24.3. The van der Waals surface area contributed by atoms with Gasteiger partial charge >= 0.3 is 24.1 Å². The zero-order valence-corrected chi connectivity index (χ0v) is 16.2. The van der Waals surface area contributed by atoms with Gasteiger partial charge in [-0.3, -0.25) is 9.59 Å². The van der Waals surface area contributed by atoms with Crippen molar-refractivity contribution < 1.29 is 42.9 Å². The SMILES string of the molecule is NC(=O)OCC(COC(N)=O)OC(=O)CCC(=O)OCO/C1=C/C=C\C=C/CC=C1. The Hall–Kier alpha value is -3.76. The van der Waals surface area contributed by atoms with E-state index in [9.17, 15) is 19.2 Å². The van der Waals surface area contributed by atoms with Crippen molar-refractivity contribution in [3.63, 3.8) is 0 Å². The average molecular weight is 424 g/mol. The van der Waals surface area contributed by atoms with Crippen molar-refractivity contribution >= 4 is 24.1 Å². The molecule has 1 aliphatic rings. The Morgan fingerprint density at radius 1 is 0.867 bits per heavy atom. The number of rotatable bonds is 11. The highest BCUT2D eigenvalue weighted by Crippen LogP contribution is 2.06. The maximum Gasteiger partial charge on any atom is 0.404 e. The quantitative estimate of drug-likeness (QED) is 0.282. The fourth-order valence-corrected chi connectivity index (χ4v) is 1.94. The molecule has 0 unspecified atom stereocenters. The van der Waals surface area contributed by atoms with Gasteiger partial charge in [-0.1, -0.05) is 30.4 Å². The molecule has 2 amide bonds. The van der Waals surface area contributed by atoms with E-state index >= 15 is 0 Å². The smallest absolute Gasteiger partial charge is 0.404 e. The van der Waals surface area contributed by atoms with Crippen LogP contribution in [0.15, 0.2) is 48.3 Å². The molecule has 0 saturated carbocycles. The van der Waals surface area contributed by atoms with Gasteiger partial charge in [-0.25, -0.2) is 9.59 Å². The molecule has 0 atom stereocenters. The molecule has 0 aromatic heterocycles. The van der Waals surface area contributed by atoms with E-state index in [1.165, 1.54) is 0 Å². The molecule has 4 N–H and O–H groups in total. The minimum absolute atomic E-state index is 0.277. The molecule has 30 heavy (non-hydrogen) atoms. The number of esters is 2.